The fourth-order valence-electron chi connectivity index (χ4n) is 0.258. The van der Waals surface area contributed by atoms with Crippen LogP contribution in [-0.4, -0.2) is 5.97 Å². The van der Waals surface area contributed by atoms with Gasteiger partial charge in [0.2, 0.25) is 0 Å². The summed E-state index contributed by atoms with van der Waals surface area (Å²) in [5.74, 6) is -0.630. The molecule has 0 aliphatic carbocycles. The van der Waals surface area contributed by atoms with Gasteiger partial charge in [0.15, 0.2) is 0 Å². The molecule has 0 aliphatic rings. The number of carbonyl (C=O) groups excluding carboxylic acids is 1. The van der Waals surface area contributed by atoms with Gasteiger partial charge in [0.05, 0.1) is 11.8 Å². The standard InChI is InChI=1S/C7H7ClO2/c1-4-10-7(9)5(2)6(3)8/h4H,1-3H2. The Morgan fingerprint density at radius 3 is 2.30 bits per heavy atom. The van der Waals surface area contributed by atoms with Crippen LogP contribution in [0, 0.1) is 0 Å². The maximum absolute atomic E-state index is 10.6. The lowest BCUT2D eigenvalue weighted by atomic mass is 10.3. The Morgan fingerprint density at radius 2 is 2.00 bits per heavy atom. The van der Waals surface area contributed by atoms with Gasteiger partial charge in [0.25, 0.3) is 0 Å². The van der Waals surface area contributed by atoms with Gasteiger partial charge >= 0.3 is 5.97 Å². The zero-order valence-electron chi connectivity index (χ0n) is 5.39. The Morgan fingerprint density at radius 1 is 1.50 bits per heavy atom. The zero-order valence-corrected chi connectivity index (χ0v) is 6.15. The Bertz CT molecular complexity index is 194. The summed E-state index contributed by atoms with van der Waals surface area (Å²) in [4.78, 5) is 10.6. The van der Waals surface area contributed by atoms with Crippen LogP contribution >= 0.6 is 11.6 Å². The van der Waals surface area contributed by atoms with E-state index >= 15 is 0 Å². The molecule has 0 aromatic rings. The highest BCUT2D eigenvalue weighted by Crippen LogP contribution is 2.10. The van der Waals surface area contributed by atoms with Crippen LogP contribution in [0.15, 0.2) is 36.6 Å². The molecule has 0 bridgehead atoms. The number of ether oxygens (including phenoxy) is 1. The molecule has 0 unspecified atom stereocenters. The highest BCUT2D eigenvalue weighted by Gasteiger charge is 2.07. The lowest BCUT2D eigenvalue weighted by Crippen LogP contribution is -2.01. The Hall–Kier alpha value is -1.02. The fourth-order valence-corrected chi connectivity index (χ4v) is 0.335. The largest absolute Gasteiger partial charge is 0.432 e. The molecule has 0 fully saturated rings. The van der Waals surface area contributed by atoms with Crippen LogP contribution in [0.1, 0.15) is 0 Å². The van der Waals surface area contributed by atoms with Gasteiger partial charge in [-0.15, -0.1) is 0 Å². The Labute approximate surface area is 64.4 Å². The summed E-state index contributed by atoms with van der Waals surface area (Å²) in [7, 11) is 0. The van der Waals surface area contributed by atoms with Crippen molar-refractivity contribution in [2.45, 2.75) is 0 Å². The second kappa shape index (κ2) is 3.90. The fraction of sp³-hybridized carbons (Fsp3) is 0. The van der Waals surface area contributed by atoms with E-state index in [-0.39, 0.29) is 10.6 Å². The van der Waals surface area contributed by atoms with E-state index < -0.39 is 5.97 Å². The Kier molecular flexibility index (Phi) is 3.51. The quantitative estimate of drug-likeness (QED) is 0.272. The molecule has 54 valence electrons. The summed E-state index contributed by atoms with van der Waals surface area (Å²) in [6, 6.07) is 0. The molecule has 0 spiro atoms. The summed E-state index contributed by atoms with van der Waals surface area (Å²) in [6.07, 6.45) is 1.01. The molecule has 0 radical (unpaired) electrons. The second-order valence-electron chi connectivity index (χ2n) is 1.46. The molecule has 0 saturated heterocycles. The van der Waals surface area contributed by atoms with Gasteiger partial charge in [-0.1, -0.05) is 31.3 Å². The van der Waals surface area contributed by atoms with Crippen molar-refractivity contribution in [1.29, 1.82) is 0 Å². The van der Waals surface area contributed by atoms with Gasteiger partial charge in [-0.2, -0.15) is 0 Å². The number of esters is 1. The molecule has 0 aromatic carbocycles. The summed E-state index contributed by atoms with van der Waals surface area (Å²) < 4.78 is 4.35. The minimum atomic E-state index is -0.630. The molecule has 0 N–H and O–H groups in total. The SMILES string of the molecule is C=COC(=O)C(=C)C(=C)Cl. The third-order valence-corrected chi connectivity index (χ3v) is 0.992. The summed E-state index contributed by atoms with van der Waals surface area (Å²) in [5, 5.41) is 0.0758. The van der Waals surface area contributed by atoms with E-state index in [9.17, 15) is 4.79 Å². The second-order valence-corrected chi connectivity index (χ2v) is 1.91. The van der Waals surface area contributed by atoms with E-state index in [4.69, 9.17) is 11.6 Å². The van der Waals surface area contributed by atoms with Crippen LogP contribution in [0.2, 0.25) is 0 Å². The molecule has 0 saturated carbocycles. The number of carbonyl (C=O) groups is 1. The predicted molar refractivity (Wildman–Crippen MR) is 40.4 cm³/mol. The third-order valence-electron chi connectivity index (χ3n) is 0.764. The number of hydrogen-bond acceptors (Lipinski definition) is 2. The number of halogens is 1. The van der Waals surface area contributed by atoms with Crippen LogP contribution in [0.5, 0.6) is 0 Å². The summed E-state index contributed by atoms with van der Waals surface area (Å²) in [6.45, 7) is 9.79. The normalized spacial score (nSPS) is 8.10. The topological polar surface area (TPSA) is 26.3 Å². The van der Waals surface area contributed by atoms with Gasteiger partial charge in [-0.05, 0) is 0 Å². The minimum Gasteiger partial charge on any atom is -0.432 e. The summed E-state index contributed by atoms with van der Waals surface area (Å²) in [5.41, 5.74) is 0.0431. The van der Waals surface area contributed by atoms with Gasteiger partial charge in [0, 0.05) is 5.03 Å². The summed E-state index contributed by atoms with van der Waals surface area (Å²) >= 11 is 5.33. The predicted octanol–water partition coefficient (Wildman–Crippen LogP) is 1.98. The van der Waals surface area contributed by atoms with Crippen molar-refractivity contribution in [2.75, 3.05) is 0 Å². The first-order valence-electron chi connectivity index (χ1n) is 2.45. The highest BCUT2D eigenvalue weighted by molar-refractivity contribution is 6.34. The van der Waals surface area contributed by atoms with Crippen molar-refractivity contribution in [3.8, 4) is 0 Å². The molecule has 2 nitrogen and oxygen atoms in total. The molecule has 0 aromatic heterocycles. The molecular weight excluding hydrogens is 152 g/mol. The van der Waals surface area contributed by atoms with Crippen molar-refractivity contribution in [3.63, 3.8) is 0 Å². The van der Waals surface area contributed by atoms with Crippen molar-refractivity contribution in [3.05, 3.63) is 36.6 Å². The average molecular weight is 159 g/mol. The monoisotopic (exact) mass is 158 g/mol. The molecule has 3 heteroatoms. The Balaban J connectivity index is 4.08. The lowest BCUT2D eigenvalue weighted by Gasteiger charge is -1.98. The van der Waals surface area contributed by atoms with Gasteiger partial charge in [-0.3, -0.25) is 0 Å². The zero-order chi connectivity index (χ0) is 8.15. The van der Waals surface area contributed by atoms with E-state index in [1.54, 1.807) is 0 Å². The van der Waals surface area contributed by atoms with Crippen molar-refractivity contribution < 1.29 is 9.53 Å². The van der Waals surface area contributed by atoms with Gasteiger partial charge in [0.1, 0.15) is 0 Å². The molecular formula is C7H7ClO2. The molecule has 10 heavy (non-hydrogen) atoms. The van der Waals surface area contributed by atoms with E-state index in [0.717, 1.165) is 6.26 Å². The van der Waals surface area contributed by atoms with E-state index in [1.807, 2.05) is 0 Å². The van der Waals surface area contributed by atoms with Gasteiger partial charge in [-0.25, -0.2) is 4.79 Å². The van der Waals surface area contributed by atoms with E-state index in [0.29, 0.717) is 0 Å². The van der Waals surface area contributed by atoms with Crippen LogP contribution in [0.25, 0.3) is 0 Å². The molecule has 0 amide bonds. The smallest absolute Gasteiger partial charge is 0.343 e. The number of hydrogen-bond donors (Lipinski definition) is 0. The first-order chi connectivity index (χ1) is 4.59. The minimum absolute atomic E-state index is 0.0431. The van der Waals surface area contributed by atoms with E-state index in [1.165, 1.54) is 0 Å². The maximum Gasteiger partial charge on any atom is 0.343 e. The molecule has 0 aliphatic heterocycles. The van der Waals surface area contributed by atoms with Gasteiger partial charge < -0.3 is 4.74 Å². The number of rotatable bonds is 3. The average Bonchev–Trinajstić information content (AvgIpc) is 1.87. The van der Waals surface area contributed by atoms with Crippen LogP contribution in [0.3, 0.4) is 0 Å². The molecule has 0 heterocycles. The molecule has 0 rings (SSSR count). The van der Waals surface area contributed by atoms with Crippen molar-refractivity contribution in [1.82, 2.24) is 0 Å². The lowest BCUT2D eigenvalue weighted by molar-refractivity contribution is -0.133. The van der Waals surface area contributed by atoms with Crippen LogP contribution in [-0.2, 0) is 9.53 Å². The van der Waals surface area contributed by atoms with Crippen molar-refractivity contribution >= 4 is 17.6 Å². The molecule has 0 atom stereocenters. The first-order valence-corrected chi connectivity index (χ1v) is 2.83. The first kappa shape index (κ1) is 8.98. The van der Waals surface area contributed by atoms with Crippen molar-refractivity contribution in [2.24, 2.45) is 0 Å². The maximum atomic E-state index is 10.6. The van der Waals surface area contributed by atoms with E-state index in [2.05, 4.69) is 24.5 Å². The third kappa shape index (κ3) is 2.51. The van der Waals surface area contributed by atoms with Crippen LogP contribution in [0.4, 0.5) is 0 Å². The highest BCUT2D eigenvalue weighted by atomic mass is 35.5. The van der Waals surface area contributed by atoms with Crippen LogP contribution < -0.4 is 0 Å².